The Kier molecular flexibility index (Phi) is 36.3. The van der Waals surface area contributed by atoms with E-state index in [1.807, 2.05) is 0 Å². The highest BCUT2D eigenvalue weighted by molar-refractivity contribution is 7.65. The first-order valence-electron chi connectivity index (χ1n) is 38.7. The summed E-state index contributed by atoms with van der Waals surface area (Å²) in [6, 6.07) is 12.9. The van der Waals surface area contributed by atoms with Crippen molar-refractivity contribution < 1.29 is 146 Å². The first-order chi connectivity index (χ1) is 59.1. The lowest BCUT2D eigenvalue weighted by Gasteiger charge is -2.32. The number of nitrogen functional groups attached to an aromatic ring is 2. The zero-order chi connectivity index (χ0) is 90.9. The Labute approximate surface area is 712 Å². The normalized spacial score (nSPS) is 17.9. The number of aromatic nitrogens is 6. The molecular weight excluding hydrogens is 1770 g/mol. The number of fused-ring (bicyclic) bond motifs is 4. The molecule has 0 radical (unpaired) electrons. The fourth-order valence-corrected chi connectivity index (χ4v) is 18.9. The summed E-state index contributed by atoms with van der Waals surface area (Å²) < 4.78 is 112. The highest BCUT2D eigenvalue weighted by Gasteiger charge is 2.35. The maximum atomic E-state index is 13.1. The topological polar surface area (TPSA) is 728 Å². The predicted molar refractivity (Wildman–Crippen MR) is 431 cm³/mol. The second-order valence-electron chi connectivity index (χ2n) is 28.1. The average molecular weight is 1860 g/mol. The number of carboxylic acid groups (broad SMARTS) is 1. The number of phosphoric ester groups is 2. The molecule has 7 heterocycles. The number of nitrogens with one attached hydrogen (secondary N) is 5. The van der Waals surface area contributed by atoms with E-state index < -0.39 is 96.7 Å². The number of nitrogens with two attached hydrogens (primary N) is 3. The van der Waals surface area contributed by atoms with Gasteiger partial charge in [-0.05, 0) is 126 Å². The quantitative estimate of drug-likeness (QED) is 0.0113. The van der Waals surface area contributed by atoms with Gasteiger partial charge in [-0.2, -0.15) is 0 Å². The first kappa shape index (κ1) is 99.2. The summed E-state index contributed by atoms with van der Waals surface area (Å²) in [5, 5.41) is 35.6. The standard InChI is InChI=1S/C47H52N7O19P3.C26H42N7O13P3/c48-44-42-29(25-54(45(42)53-27-52-44)41-18-14-32(70-41)26-69-75(65,66)73-76(67,68)72-74(62,63)64)8-7-21-50-40(58)10-3-1-5-19-49-39(57)9-4-2-6-20-51-46(59)28-11-15-33(36(22-28)47(60)61)43-34-16-12-30(55)23-37(34)71-38-24-31(56)13-17-35(38)43;27-13-5-1-3-9-21(34)29-14-6-2-4-10-22(35)30-15-7-8-19-16-33(26-24(19)25(28)31-18-32-26)23-12-11-20(44-23)17-43-48(39,40)46-49(41,42)45-47(36,37)38/h11-13,15-17,22-25,27,32,41,55H,1-6,9-10,14,18-21,26H2,(H,49,57)(H,50,58)(H,51,59)(H,60,61)(H,65,66)(H,67,68)(H2,48,52,53)(H2,62,63,64);16,18,20,23H,1-6,9-15,17,27H2,(H,29,34)(H,30,35)(H,39,40)(H,41,42)(H2,28,31,32)(H2,36,37,38)/p-6/t32-,41+;20-,23+/m00/s1. The number of phosphoric acid groups is 6. The molecular formula is C73H88N14O32P6-6. The van der Waals surface area contributed by atoms with Gasteiger partial charge in [-0.3, -0.25) is 56.2 Å². The minimum absolute atomic E-state index is 0.00444. The van der Waals surface area contributed by atoms with Crippen LogP contribution in [-0.4, -0.2) is 149 Å². The first-order valence-corrected chi connectivity index (χ1v) is 47.6. The zero-order valence-electron chi connectivity index (χ0n) is 66.4. The number of rotatable bonds is 44. The van der Waals surface area contributed by atoms with E-state index in [0.717, 1.165) is 32.1 Å². The van der Waals surface area contributed by atoms with Crippen molar-refractivity contribution in [1.29, 1.82) is 0 Å². The lowest BCUT2D eigenvalue weighted by atomic mass is 9.90. The monoisotopic (exact) mass is 1860 g/mol. The number of amides is 5. The van der Waals surface area contributed by atoms with Gasteiger partial charge in [-0.1, -0.05) is 55.4 Å². The smallest absolute Gasteiger partial charge is 0.336 e. The van der Waals surface area contributed by atoms with Gasteiger partial charge in [0.2, 0.25) is 23.6 Å². The highest BCUT2D eigenvalue weighted by Crippen LogP contribution is 2.63. The molecule has 15 N–H and O–H groups in total. The number of carbonyl (C=O) groups excluding carboxylic acids is 5. The minimum Gasteiger partial charge on any atom is -0.756 e. The van der Waals surface area contributed by atoms with Crippen LogP contribution in [0.5, 0.6) is 5.75 Å². The Morgan fingerprint density at radius 2 is 0.976 bits per heavy atom. The molecule has 3 aliphatic heterocycles. The Balaban J connectivity index is 0.000000312. The minimum atomic E-state index is -6.06. The Hall–Kier alpha value is -9.59. The van der Waals surface area contributed by atoms with Crippen LogP contribution < -0.4 is 78.6 Å². The molecule has 10 rings (SSSR count). The Bertz CT molecular complexity index is 5680. The number of carboxylic acids is 1. The summed E-state index contributed by atoms with van der Waals surface area (Å²) in [5.41, 5.74) is 20.3. The van der Waals surface area contributed by atoms with E-state index in [9.17, 15) is 101 Å². The molecule has 125 heavy (non-hydrogen) atoms. The average Bonchev–Trinajstić information content (AvgIpc) is 1.31. The summed E-state index contributed by atoms with van der Waals surface area (Å²) in [6.07, 6.45) is 13.4. The van der Waals surface area contributed by atoms with Gasteiger partial charge in [-0.15, -0.1) is 0 Å². The molecule has 4 aliphatic rings. The van der Waals surface area contributed by atoms with Gasteiger partial charge >= 0.3 is 5.97 Å². The van der Waals surface area contributed by atoms with Crippen molar-refractivity contribution in [2.75, 3.05) is 63.9 Å². The van der Waals surface area contributed by atoms with Crippen LogP contribution in [0.3, 0.4) is 0 Å². The summed E-state index contributed by atoms with van der Waals surface area (Å²) in [4.78, 5) is 188. The van der Waals surface area contributed by atoms with E-state index in [2.05, 4.69) is 96.5 Å². The molecule has 0 spiro atoms. The van der Waals surface area contributed by atoms with Crippen LogP contribution >= 0.6 is 46.9 Å². The molecule has 678 valence electrons. The number of phenolic OH excluding ortho intramolecular Hbond substituents is 1. The van der Waals surface area contributed by atoms with Crippen molar-refractivity contribution in [3.63, 3.8) is 0 Å². The van der Waals surface area contributed by atoms with Gasteiger partial charge in [0.25, 0.3) is 52.8 Å². The van der Waals surface area contributed by atoms with E-state index >= 15 is 0 Å². The van der Waals surface area contributed by atoms with Gasteiger partial charge in [0.05, 0.1) is 66.0 Å². The number of hydrogen-bond donors (Lipinski definition) is 12. The SMILES string of the molecule is NCCCCCC(=O)NCCCCCC(=O)NCC#Cc1cn([C@H]2CC[C@@H](COP(=O)([O-])OP(=O)([O-])OP(=O)([O-])O)O2)c2ncnc(N)c12.Nc1ncnc2c1c(C#CCNC(=O)CCCCCNC(=O)CCCCCNC(=O)c1ccc(-c3c4ccc(=O)cc-4oc4cc(O)ccc34)c(C(=O)O)c1)cn2[C@H]1CC[C@@H](COP(=O)([O-])OP(=O)([O-])OP(=O)([O-])O)O1. The molecule has 5 amide bonds. The molecule has 4 aromatic heterocycles. The largest absolute Gasteiger partial charge is 0.756 e. The fourth-order valence-electron chi connectivity index (χ4n) is 13.1. The number of unbranched alkanes of at least 4 members (excludes halogenated alkanes) is 8. The number of benzene rings is 3. The van der Waals surface area contributed by atoms with Crippen molar-refractivity contribution in [2.45, 2.75) is 153 Å². The number of phenols is 1. The number of nitrogens with zero attached hydrogens (tertiary/aromatic N) is 6. The number of carbonyl (C=O) groups is 6. The highest BCUT2D eigenvalue weighted by atomic mass is 31.3. The van der Waals surface area contributed by atoms with E-state index in [1.165, 1.54) is 61.2 Å². The summed E-state index contributed by atoms with van der Waals surface area (Å²) in [7, 11) is -35.1. The van der Waals surface area contributed by atoms with Gasteiger partial charge in [0, 0.05) is 91.9 Å². The van der Waals surface area contributed by atoms with Gasteiger partial charge < -0.3 is 125 Å². The molecule has 46 nitrogen and oxygen atoms in total. The van der Waals surface area contributed by atoms with Crippen LogP contribution in [0.25, 0.3) is 55.5 Å². The summed E-state index contributed by atoms with van der Waals surface area (Å²) >= 11 is 0. The van der Waals surface area contributed by atoms with Crippen LogP contribution in [0.4, 0.5) is 11.6 Å². The molecule has 6 unspecified atom stereocenters. The second-order valence-corrected chi connectivity index (χ2v) is 36.6. The van der Waals surface area contributed by atoms with E-state index in [1.54, 1.807) is 27.6 Å². The molecule has 52 heteroatoms. The van der Waals surface area contributed by atoms with Gasteiger partial charge in [-0.25, -0.2) is 42.0 Å². The molecule has 0 bridgehead atoms. The third-order valence-corrected chi connectivity index (χ3v) is 26.0. The predicted octanol–water partition coefficient (Wildman–Crippen LogP) is 3.36. The van der Waals surface area contributed by atoms with E-state index in [4.69, 9.17) is 40.9 Å². The van der Waals surface area contributed by atoms with Crippen molar-refractivity contribution >= 4 is 127 Å². The molecule has 1 aliphatic carbocycles. The number of anilines is 2. The number of aromatic carboxylic acids is 1. The van der Waals surface area contributed by atoms with Crippen LogP contribution in [-0.2, 0) is 82.3 Å². The fraction of sp³-hybridized carbons (Fsp3) is 0.438. The third kappa shape index (κ3) is 31.4. The van der Waals surface area contributed by atoms with Crippen molar-refractivity contribution in [3.05, 3.63) is 112 Å². The lowest BCUT2D eigenvalue weighted by Crippen LogP contribution is -2.25. The van der Waals surface area contributed by atoms with Crippen LogP contribution in [0.15, 0.2) is 88.9 Å². The van der Waals surface area contributed by atoms with Crippen molar-refractivity contribution in [3.8, 4) is 51.9 Å². The van der Waals surface area contributed by atoms with E-state index in [-0.39, 0.29) is 113 Å². The number of hydrogen-bond acceptors (Lipinski definition) is 36. The van der Waals surface area contributed by atoms with Crippen molar-refractivity contribution in [1.82, 2.24) is 55.7 Å². The number of ether oxygens (including phenoxy) is 2. The van der Waals surface area contributed by atoms with E-state index in [0.29, 0.717) is 147 Å². The zero-order valence-corrected chi connectivity index (χ0v) is 71.8. The maximum Gasteiger partial charge on any atom is 0.336 e. The second kappa shape index (κ2) is 45.7. The Morgan fingerprint density at radius 1 is 0.528 bits per heavy atom. The molecule has 2 fully saturated rings. The van der Waals surface area contributed by atoms with Crippen LogP contribution in [0.1, 0.15) is 173 Å². The molecule has 0 saturated carbocycles. The Morgan fingerprint density at radius 3 is 1.43 bits per heavy atom. The van der Waals surface area contributed by atoms with Crippen LogP contribution in [0, 0.1) is 23.7 Å². The molecule has 10 atom stereocenters. The summed E-state index contributed by atoms with van der Waals surface area (Å²) in [5.74, 6) is 9.70. The van der Waals surface area contributed by atoms with Gasteiger partial charge in [0.15, 0.2) is 5.43 Å². The summed E-state index contributed by atoms with van der Waals surface area (Å²) in [6.45, 7) is 0.540. The number of aromatic hydroxyl groups is 1. The lowest BCUT2D eigenvalue weighted by molar-refractivity contribution is -0.254. The van der Waals surface area contributed by atoms with Crippen molar-refractivity contribution in [2.24, 2.45) is 5.73 Å². The maximum absolute atomic E-state index is 13.1. The molecule has 2 saturated heterocycles. The third-order valence-electron chi connectivity index (χ3n) is 18.6. The molecule has 6 aromatic rings. The van der Waals surface area contributed by atoms with Crippen LogP contribution in [0.2, 0.25) is 0 Å². The van der Waals surface area contributed by atoms with Gasteiger partial charge in [0.1, 0.15) is 65.1 Å². The molecule has 2 aromatic carbocycles.